The molecule has 0 aliphatic rings. The zero-order valence-corrected chi connectivity index (χ0v) is 13.5. The van der Waals surface area contributed by atoms with E-state index in [1.54, 1.807) is 30.6 Å². The summed E-state index contributed by atoms with van der Waals surface area (Å²) in [6.45, 7) is 6.34. The number of ether oxygens (including phenoxy) is 1. The van der Waals surface area contributed by atoms with Gasteiger partial charge in [-0.1, -0.05) is 13.0 Å². The monoisotopic (exact) mass is 308 g/mol. The molecular weight excluding hydrogens is 287 g/mol. The van der Waals surface area contributed by atoms with E-state index in [4.69, 9.17) is 4.74 Å². The summed E-state index contributed by atoms with van der Waals surface area (Å²) in [7, 11) is 1.66. The predicted octanol–water partition coefficient (Wildman–Crippen LogP) is 3.90. The second-order valence-electron chi connectivity index (χ2n) is 4.96. The van der Waals surface area contributed by atoms with E-state index in [2.05, 4.69) is 17.2 Å². The molecular formula is C16H21FN2OS. The first kappa shape index (κ1) is 16.1. The molecule has 3 nitrogen and oxygen atoms in total. The van der Waals surface area contributed by atoms with Crippen molar-refractivity contribution in [3.63, 3.8) is 0 Å². The topological polar surface area (TPSA) is 34.2 Å². The van der Waals surface area contributed by atoms with Crippen molar-refractivity contribution in [2.45, 2.75) is 33.4 Å². The molecule has 0 fully saturated rings. The third-order valence-electron chi connectivity index (χ3n) is 3.20. The molecule has 0 bridgehead atoms. The normalized spacial score (nSPS) is 11.0. The average Bonchev–Trinajstić information content (AvgIpc) is 2.85. The molecule has 0 amide bonds. The largest absolute Gasteiger partial charge is 0.378 e. The van der Waals surface area contributed by atoms with Crippen LogP contribution in [0.15, 0.2) is 18.2 Å². The van der Waals surface area contributed by atoms with E-state index in [9.17, 15) is 4.39 Å². The number of aromatic nitrogens is 1. The molecule has 1 aromatic heterocycles. The lowest BCUT2D eigenvalue weighted by atomic mass is 10.1. The summed E-state index contributed by atoms with van der Waals surface area (Å²) in [6, 6.07) is 4.82. The molecule has 0 saturated heterocycles. The van der Waals surface area contributed by atoms with Crippen LogP contribution in [0.5, 0.6) is 0 Å². The molecule has 0 saturated carbocycles. The minimum atomic E-state index is -0.232. The molecule has 5 heteroatoms. The predicted molar refractivity (Wildman–Crippen MR) is 85.0 cm³/mol. The Bertz CT molecular complexity index is 598. The highest BCUT2D eigenvalue weighted by Crippen LogP contribution is 2.31. The number of nitrogens with one attached hydrogen (secondary N) is 1. The van der Waals surface area contributed by atoms with Crippen molar-refractivity contribution in [1.29, 1.82) is 0 Å². The highest BCUT2D eigenvalue weighted by molar-refractivity contribution is 7.15. The molecule has 1 N–H and O–H groups in total. The summed E-state index contributed by atoms with van der Waals surface area (Å²) < 4.78 is 18.7. The molecule has 0 radical (unpaired) electrons. The Labute approximate surface area is 129 Å². The van der Waals surface area contributed by atoms with Crippen molar-refractivity contribution in [3.8, 4) is 10.6 Å². The molecule has 0 spiro atoms. The van der Waals surface area contributed by atoms with Crippen molar-refractivity contribution < 1.29 is 9.13 Å². The first-order valence-electron chi connectivity index (χ1n) is 7.10. The molecule has 2 aromatic rings. The lowest BCUT2D eigenvalue weighted by Gasteiger charge is -2.02. The van der Waals surface area contributed by atoms with Gasteiger partial charge < -0.3 is 10.1 Å². The molecule has 1 heterocycles. The number of rotatable bonds is 7. The summed E-state index contributed by atoms with van der Waals surface area (Å²) in [5, 5.41) is 4.24. The number of methoxy groups -OCH3 is 1. The third kappa shape index (κ3) is 4.09. The summed E-state index contributed by atoms with van der Waals surface area (Å²) in [6.07, 6.45) is 1.09. The minimum Gasteiger partial charge on any atom is -0.378 e. The van der Waals surface area contributed by atoms with E-state index in [1.807, 2.05) is 6.92 Å². The van der Waals surface area contributed by atoms with E-state index in [1.165, 1.54) is 6.07 Å². The number of aryl methyl sites for hydroxylation is 1. The van der Waals surface area contributed by atoms with Gasteiger partial charge in [0.05, 0.1) is 12.3 Å². The van der Waals surface area contributed by atoms with Crippen molar-refractivity contribution >= 4 is 11.3 Å². The van der Waals surface area contributed by atoms with E-state index in [0.717, 1.165) is 46.2 Å². The fraction of sp³-hybridized carbons (Fsp3) is 0.438. The second-order valence-corrected chi connectivity index (χ2v) is 6.04. The van der Waals surface area contributed by atoms with Crippen molar-refractivity contribution in [3.05, 3.63) is 40.2 Å². The molecule has 1 aromatic carbocycles. The van der Waals surface area contributed by atoms with Crippen LogP contribution in [0.4, 0.5) is 4.39 Å². The van der Waals surface area contributed by atoms with Gasteiger partial charge in [0.2, 0.25) is 0 Å². The minimum absolute atomic E-state index is 0.232. The fourth-order valence-electron chi connectivity index (χ4n) is 2.09. The second kappa shape index (κ2) is 7.64. The van der Waals surface area contributed by atoms with Gasteiger partial charge in [-0.2, -0.15) is 0 Å². The van der Waals surface area contributed by atoms with Crippen LogP contribution in [0.25, 0.3) is 10.6 Å². The number of hydrogen-bond acceptors (Lipinski definition) is 4. The lowest BCUT2D eigenvalue weighted by Crippen LogP contribution is -2.14. The molecule has 2 rings (SSSR count). The van der Waals surface area contributed by atoms with Crippen LogP contribution < -0.4 is 5.32 Å². The summed E-state index contributed by atoms with van der Waals surface area (Å²) in [5.74, 6) is -0.232. The Morgan fingerprint density at radius 1 is 1.38 bits per heavy atom. The van der Waals surface area contributed by atoms with Gasteiger partial charge in [-0.15, -0.1) is 11.3 Å². The quantitative estimate of drug-likeness (QED) is 0.788. The van der Waals surface area contributed by atoms with Crippen LogP contribution in [0.3, 0.4) is 0 Å². The summed E-state index contributed by atoms with van der Waals surface area (Å²) in [4.78, 5) is 5.79. The first-order valence-corrected chi connectivity index (χ1v) is 7.92. The number of nitrogens with zero attached hydrogens (tertiary/aromatic N) is 1. The zero-order chi connectivity index (χ0) is 15.2. The number of benzene rings is 1. The van der Waals surface area contributed by atoms with Gasteiger partial charge in [-0.3, -0.25) is 0 Å². The van der Waals surface area contributed by atoms with Crippen LogP contribution in [0, 0.1) is 12.7 Å². The lowest BCUT2D eigenvalue weighted by molar-refractivity contribution is 0.181. The summed E-state index contributed by atoms with van der Waals surface area (Å²) >= 11 is 1.61. The van der Waals surface area contributed by atoms with Crippen LogP contribution in [-0.2, 0) is 17.9 Å². The Kier molecular flexibility index (Phi) is 5.85. The van der Waals surface area contributed by atoms with E-state index >= 15 is 0 Å². The van der Waals surface area contributed by atoms with Gasteiger partial charge in [0.25, 0.3) is 0 Å². The SMILES string of the molecule is CCCNCc1sc(-c2cc(F)ccc2C)nc1COC. The number of hydrogen-bond donors (Lipinski definition) is 1. The van der Waals surface area contributed by atoms with E-state index in [-0.39, 0.29) is 5.82 Å². The number of halogens is 1. The van der Waals surface area contributed by atoms with Crippen LogP contribution >= 0.6 is 11.3 Å². The fourth-order valence-corrected chi connectivity index (χ4v) is 3.21. The van der Waals surface area contributed by atoms with Gasteiger partial charge in [0.15, 0.2) is 0 Å². The van der Waals surface area contributed by atoms with Crippen molar-refractivity contribution in [2.75, 3.05) is 13.7 Å². The average molecular weight is 308 g/mol. The first-order chi connectivity index (χ1) is 10.2. The van der Waals surface area contributed by atoms with Gasteiger partial charge in [-0.25, -0.2) is 9.37 Å². The molecule has 0 aliphatic carbocycles. The van der Waals surface area contributed by atoms with E-state index in [0.29, 0.717) is 6.61 Å². The third-order valence-corrected chi connectivity index (χ3v) is 4.33. The molecule has 0 unspecified atom stereocenters. The maximum Gasteiger partial charge on any atom is 0.124 e. The molecule has 114 valence electrons. The van der Waals surface area contributed by atoms with Crippen LogP contribution in [-0.4, -0.2) is 18.6 Å². The maximum atomic E-state index is 13.5. The van der Waals surface area contributed by atoms with Gasteiger partial charge >= 0.3 is 0 Å². The number of thiazole rings is 1. The van der Waals surface area contributed by atoms with Crippen LogP contribution in [0.1, 0.15) is 29.5 Å². The van der Waals surface area contributed by atoms with Gasteiger partial charge in [-0.05, 0) is 37.6 Å². The molecule has 21 heavy (non-hydrogen) atoms. The Morgan fingerprint density at radius 2 is 2.19 bits per heavy atom. The maximum absolute atomic E-state index is 13.5. The van der Waals surface area contributed by atoms with Gasteiger partial charge in [0, 0.05) is 24.1 Å². The Hall–Kier alpha value is -1.30. The van der Waals surface area contributed by atoms with Crippen molar-refractivity contribution in [1.82, 2.24) is 10.3 Å². The molecule has 0 atom stereocenters. The van der Waals surface area contributed by atoms with E-state index < -0.39 is 0 Å². The highest BCUT2D eigenvalue weighted by atomic mass is 32.1. The highest BCUT2D eigenvalue weighted by Gasteiger charge is 2.14. The Balaban J connectivity index is 2.31. The van der Waals surface area contributed by atoms with Gasteiger partial charge in [0.1, 0.15) is 10.8 Å². The molecule has 0 aliphatic heterocycles. The van der Waals surface area contributed by atoms with Crippen molar-refractivity contribution in [2.24, 2.45) is 0 Å². The standard InChI is InChI=1S/C16H21FN2OS/c1-4-7-18-9-15-14(10-20-3)19-16(21-15)13-8-12(17)6-5-11(13)2/h5-6,8,18H,4,7,9-10H2,1-3H3. The van der Waals surface area contributed by atoms with Crippen LogP contribution in [0.2, 0.25) is 0 Å². The smallest absolute Gasteiger partial charge is 0.124 e. The summed E-state index contributed by atoms with van der Waals surface area (Å²) in [5.41, 5.74) is 2.83. The Morgan fingerprint density at radius 3 is 2.90 bits per heavy atom. The zero-order valence-electron chi connectivity index (χ0n) is 12.7.